The van der Waals surface area contributed by atoms with Crippen molar-refractivity contribution in [1.29, 1.82) is 0 Å². The number of ether oxygens (including phenoxy) is 1. The Morgan fingerprint density at radius 3 is 2.79 bits per heavy atom. The summed E-state index contributed by atoms with van der Waals surface area (Å²) in [4.78, 5) is 11.6. The van der Waals surface area contributed by atoms with Crippen molar-refractivity contribution in [3.8, 4) is 0 Å². The van der Waals surface area contributed by atoms with Crippen LogP contribution in [-0.4, -0.2) is 17.6 Å². The fourth-order valence-electron chi connectivity index (χ4n) is 4.07. The molecule has 28 heavy (non-hydrogen) atoms. The third-order valence-corrected chi connectivity index (χ3v) is 5.96. The number of carbonyl (C=O) groups is 1. The van der Waals surface area contributed by atoms with Crippen molar-refractivity contribution in [3.05, 3.63) is 74.9 Å². The number of aryl methyl sites for hydroxylation is 1. The van der Waals surface area contributed by atoms with Gasteiger partial charge in [-0.1, -0.05) is 47.5 Å². The first-order valence-corrected chi connectivity index (χ1v) is 10.2. The fraction of sp³-hybridized carbons (Fsp3) is 0.261. The van der Waals surface area contributed by atoms with Crippen LogP contribution in [0.1, 0.15) is 35.2 Å². The topological polar surface area (TPSA) is 31.2 Å². The third-order valence-electron chi connectivity index (χ3n) is 5.37. The van der Waals surface area contributed by atoms with E-state index in [9.17, 15) is 4.79 Å². The molecular formula is C23H21Cl2NO2. The van der Waals surface area contributed by atoms with E-state index in [0.29, 0.717) is 16.6 Å². The highest BCUT2D eigenvalue weighted by atomic mass is 35.5. The van der Waals surface area contributed by atoms with Gasteiger partial charge in [-0.2, -0.15) is 0 Å². The first kappa shape index (κ1) is 19.1. The van der Waals surface area contributed by atoms with E-state index in [2.05, 4.69) is 10.6 Å². The standard InChI is InChI=1S/C23H21Cl2NO2/c1-28-22(27)12-10-15-5-4-7-19-18-6-2-3-8-21(18)26(23(15)19)14-16-9-11-17(24)13-20(16)25/h4-5,7,9-13H,2-3,6,8,14H2,1H3/b12-10+. The zero-order valence-corrected chi connectivity index (χ0v) is 17.2. The highest BCUT2D eigenvalue weighted by Crippen LogP contribution is 2.35. The smallest absolute Gasteiger partial charge is 0.330 e. The summed E-state index contributed by atoms with van der Waals surface area (Å²) in [5.41, 5.74) is 5.96. The molecule has 144 valence electrons. The third kappa shape index (κ3) is 3.57. The predicted molar refractivity (Wildman–Crippen MR) is 115 cm³/mol. The average molecular weight is 414 g/mol. The zero-order valence-electron chi connectivity index (χ0n) is 15.7. The molecule has 2 aromatic carbocycles. The Morgan fingerprint density at radius 1 is 1.18 bits per heavy atom. The summed E-state index contributed by atoms with van der Waals surface area (Å²) < 4.78 is 7.11. The molecule has 0 amide bonds. The molecule has 3 nitrogen and oxygen atoms in total. The van der Waals surface area contributed by atoms with Crippen LogP contribution in [-0.2, 0) is 28.9 Å². The minimum absolute atomic E-state index is 0.361. The minimum atomic E-state index is -0.361. The van der Waals surface area contributed by atoms with E-state index in [4.69, 9.17) is 27.9 Å². The molecule has 0 saturated carbocycles. The number of para-hydroxylation sites is 1. The van der Waals surface area contributed by atoms with Crippen molar-refractivity contribution in [3.63, 3.8) is 0 Å². The normalized spacial score (nSPS) is 13.8. The molecule has 0 radical (unpaired) electrons. The summed E-state index contributed by atoms with van der Waals surface area (Å²) in [6.07, 6.45) is 7.83. The molecule has 0 aliphatic heterocycles. The minimum Gasteiger partial charge on any atom is -0.466 e. The first-order valence-electron chi connectivity index (χ1n) is 9.41. The van der Waals surface area contributed by atoms with Gasteiger partial charge in [-0.15, -0.1) is 0 Å². The van der Waals surface area contributed by atoms with Crippen LogP contribution in [0.5, 0.6) is 0 Å². The van der Waals surface area contributed by atoms with Gasteiger partial charge in [0.25, 0.3) is 0 Å². The molecule has 0 atom stereocenters. The van der Waals surface area contributed by atoms with Gasteiger partial charge in [-0.3, -0.25) is 0 Å². The van der Waals surface area contributed by atoms with Crippen LogP contribution in [0.4, 0.5) is 0 Å². The second kappa shape index (κ2) is 8.02. The van der Waals surface area contributed by atoms with E-state index in [1.54, 1.807) is 6.07 Å². The maximum absolute atomic E-state index is 11.6. The van der Waals surface area contributed by atoms with Crippen molar-refractivity contribution in [2.24, 2.45) is 0 Å². The monoisotopic (exact) mass is 413 g/mol. The first-order chi connectivity index (χ1) is 13.6. The summed E-state index contributed by atoms with van der Waals surface area (Å²) in [6, 6.07) is 11.9. The van der Waals surface area contributed by atoms with Crippen LogP contribution in [0.3, 0.4) is 0 Å². The molecule has 0 bridgehead atoms. The Hall–Kier alpha value is -2.23. The van der Waals surface area contributed by atoms with E-state index in [1.165, 1.54) is 42.7 Å². The second-order valence-corrected chi connectivity index (χ2v) is 7.90. The number of fused-ring (bicyclic) bond motifs is 3. The van der Waals surface area contributed by atoms with Crippen LogP contribution in [0.2, 0.25) is 10.0 Å². The lowest BCUT2D eigenvalue weighted by Crippen LogP contribution is -2.10. The van der Waals surface area contributed by atoms with Crippen LogP contribution >= 0.6 is 23.2 Å². The lowest BCUT2D eigenvalue weighted by Gasteiger charge is -2.17. The van der Waals surface area contributed by atoms with E-state index in [-0.39, 0.29) is 5.97 Å². The van der Waals surface area contributed by atoms with E-state index < -0.39 is 0 Å². The van der Waals surface area contributed by atoms with Gasteiger partial charge < -0.3 is 9.30 Å². The van der Waals surface area contributed by atoms with Crippen LogP contribution in [0.15, 0.2) is 42.5 Å². The predicted octanol–water partition coefficient (Wildman–Crippen LogP) is 6.06. The molecule has 1 aromatic heterocycles. The molecule has 0 spiro atoms. The number of halogens is 2. The Bertz CT molecular complexity index is 1080. The number of esters is 1. The van der Waals surface area contributed by atoms with Gasteiger partial charge in [0.1, 0.15) is 0 Å². The number of rotatable bonds is 4. The van der Waals surface area contributed by atoms with Crippen molar-refractivity contribution in [2.75, 3.05) is 7.11 Å². The zero-order chi connectivity index (χ0) is 19.7. The molecule has 5 heteroatoms. The summed E-state index contributed by atoms with van der Waals surface area (Å²) in [6.45, 7) is 0.672. The van der Waals surface area contributed by atoms with E-state index in [1.807, 2.05) is 30.3 Å². The van der Waals surface area contributed by atoms with Gasteiger partial charge >= 0.3 is 5.97 Å². The highest BCUT2D eigenvalue weighted by Gasteiger charge is 2.21. The molecule has 3 aromatic rings. The molecule has 0 unspecified atom stereocenters. The molecule has 1 aliphatic carbocycles. The summed E-state index contributed by atoms with van der Waals surface area (Å²) in [5, 5.41) is 2.56. The number of benzene rings is 2. The Labute approximate surface area is 174 Å². The second-order valence-electron chi connectivity index (χ2n) is 7.05. The maximum atomic E-state index is 11.6. The maximum Gasteiger partial charge on any atom is 0.330 e. The number of methoxy groups -OCH3 is 1. The quantitative estimate of drug-likeness (QED) is 0.384. The fourth-order valence-corrected chi connectivity index (χ4v) is 4.54. The van der Waals surface area contributed by atoms with Gasteiger partial charge in [0.05, 0.1) is 12.6 Å². The van der Waals surface area contributed by atoms with Crippen LogP contribution in [0.25, 0.3) is 17.0 Å². The Morgan fingerprint density at radius 2 is 2.00 bits per heavy atom. The van der Waals surface area contributed by atoms with Gasteiger partial charge in [0.2, 0.25) is 0 Å². The summed E-state index contributed by atoms with van der Waals surface area (Å²) in [5.74, 6) is -0.361. The molecule has 0 saturated heterocycles. The molecule has 4 rings (SSSR count). The average Bonchev–Trinajstić information content (AvgIpc) is 3.02. The number of carbonyl (C=O) groups excluding carboxylic acids is 1. The Kier molecular flexibility index (Phi) is 5.47. The van der Waals surface area contributed by atoms with Crippen molar-refractivity contribution < 1.29 is 9.53 Å². The van der Waals surface area contributed by atoms with Gasteiger partial charge in [0.15, 0.2) is 0 Å². The molecule has 0 fully saturated rings. The summed E-state index contributed by atoms with van der Waals surface area (Å²) >= 11 is 12.5. The number of aromatic nitrogens is 1. The van der Waals surface area contributed by atoms with Gasteiger partial charge in [0, 0.05) is 33.7 Å². The molecule has 0 N–H and O–H groups in total. The van der Waals surface area contributed by atoms with Gasteiger partial charge in [-0.05, 0) is 60.6 Å². The van der Waals surface area contributed by atoms with Crippen LogP contribution in [0, 0.1) is 0 Å². The number of nitrogens with zero attached hydrogens (tertiary/aromatic N) is 1. The lowest BCUT2D eigenvalue weighted by atomic mass is 9.95. The van der Waals surface area contributed by atoms with E-state index >= 15 is 0 Å². The number of hydrogen-bond acceptors (Lipinski definition) is 2. The SMILES string of the molecule is COC(=O)/C=C/c1cccc2c3c(n(Cc4ccc(Cl)cc4Cl)c12)CCCC3. The molecule has 1 heterocycles. The van der Waals surface area contributed by atoms with E-state index in [0.717, 1.165) is 29.5 Å². The van der Waals surface area contributed by atoms with Crippen LogP contribution < -0.4 is 0 Å². The van der Waals surface area contributed by atoms with Crippen molar-refractivity contribution >= 4 is 46.2 Å². The van der Waals surface area contributed by atoms with Gasteiger partial charge in [-0.25, -0.2) is 4.79 Å². The molecular weight excluding hydrogens is 393 g/mol. The highest BCUT2D eigenvalue weighted by molar-refractivity contribution is 6.35. The number of hydrogen-bond donors (Lipinski definition) is 0. The van der Waals surface area contributed by atoms with Crippen molar-refractivity contribution in [1.82, 2.24) is 4.57 Å². The Balaban J connectivity index is 1.90. The summed E-state index contributed by atoms with van der Waals surface area (Å²) in [7, 11) is 1.39. The lowest BCUT2D eigenvalue weighted by molar-refractivity contribution is -0.134. The van der Waals surface area contributed by atoms with Crippen molar-refractivity contribution in [2.45, 2.75) is 32.2 Å². The largest absolute Gasteiger partial charge is 0.466 e. The molecule has 1 aliphatic rings.